The van der Waals surface area contributed by atoms with E-state index in [0.29, 0.717) is 30.0 Å². The van der Waals surface area contributed by atoms with Crippen LogP contribution in [-0.4, -0.2) is 48.2 Å². The predicted molar refractivity (Wildman–Crippen MR) is 138 cm³/mol. The predicted octanol–water partition coefficient (Wildman–Crippen LogP) is 5.16. The van der Waals surface area contributed by atoms with Crippen molar-refractivity contribution in [2.45, 2.75) is 64.9 Å². The summed E-state index contributed by atoms with van der Waals surface area (Å²) in [6.07, 6.45) is 8.83. The first-order chi connectivity index (χ1) is 16.8. The van der Waals surface area contributed by atoms with Crippen LogP contribution in [0.1, 0.15) is 59.3 Å². The fourth-order valence-electron chi connectivity index (χ4n) is 5.41. The van der Waals surface area contributed by atoms with Gasteiger partial charge in [-0.15, -0.1) is 0 Å². The summed E-state index contributed by atoms with van der Waals surface area (Å²) in [6.45, 7) is 8.72. The molecule has 1 saturated carbocycles. The highest BCUT2D eigenvalue weighted by molar-refractivity contribution is 6.01. The third-order valence-electron chi connectivity index (χ3n) is 7.61. The van der Waals surface area contributed by atoms with Crippen LogP contribution in [0.15, 0.2) is 24.4 Å². The van der Waals surface area contributed by atoms with Crippen molar-refractivity contribution in [3.8, 4) is 11.5 Å². The lowest BCUT2D eigenvalue weighted by atomic mass is 9.99. The number of fused-ring (bicyclic) bond motifs is 1. The summed E-state index contributed by atoms with van der Waals surface area (Å²) in [7, 11) is 1.67. The summed E-state index contributed by atoms with van der Waals surface area (Å²) in [5.74, 6) is 3.45. The van der Waals surface area contributed by atoms with Crippen molar-refractivity contribution in [2.24, 2.45) is 11.8 Å². The lowest BCUT2D eigenvalue weighted by molar-refractivity contribution is -0.133. The standard InChI is InChI=1S/C27H37N5O3/c1-18-11-13-31(14-12-18)20-9-10-21(22(15-20)34-4)29-26-28-16-23-24(30-26)32(17-19-7-5-6-8-19)25(33)27(2,3)35-23/h9-10,15-16,18-19H,5-8,11-14,17H2,1-4H3,(H,28,29,30). The molecule has 0 radical (unpaired) electrons. The van der Waals surface area contributed by atoms with Gasteiger partial charge in [-0.25, -0.2) is 4.98 Å². The van der Waals surface area contributed by atoms with Crippen molar-refractivity contribution >= 4 is 29.0 Å². The van der Waals surface area contributed by atoms with E-state index >= 15 is 0 Å². The number of piperidine rings is 1. The topological polar surface area (TPSA) is 79.8 Å². The van der Waals surface area contributed by atoms with Crippen molar-refractivity contribution in [3.05, 3.63) is 24.4 Å². The molecule has 2 aromatic rings. The number of methoxy groups -OCH3 is 1. The molecule has 0 spiro atoms. The van der Waals surface area contributed by atoms with Gasteiger partial charge >= 0.3 is 0 Å². The second-order valence-electron chi connectivity index (χ2n) is 10.7. The van der Waals surface area contributed by atoms with Crippen molar-refractivity contribution < 1.29 is 14.3 Å². The second-order valence-corrected chi connectivity index (χ2v) is 10.7. The normalized spacial score (nSPS) is 20.5. The van der Waals surface area contributed by atoms with Crippen LogP contribution in [0.5, 0.6) is 11.5 Å². The van der Waals surface area contributed by atoms with Crippen LogP contribution < -0.4 is 24.6 Å². The number of benzene rings is 1. The first-order valence-electron chi connectivity index (χ1n) is 12.9. The Morgan fingerprint density at radius 3 is 2.63 bits per heavy atom. The van der Waals surface area contributed by atoms with Crippen molar-refractivity contribution in [1.29, 1.82) is 0 Å². The lowest BCUT2D eigenvalue weighted by Gasteiger charge is -2.38. The molecule has 3 aliphatic rings. The highest BCUT2D eigenvalue weighted by Gasteiger charge is 2.43. The molecular formula is C27H37N5O3. The molecule has 1 amide bonds. The van der Waals surface area contributed by atoms with Gasteiger partial charge in [0, 0.05) is 31.4 Å². The van der Waals surface area contributed by atoms with Gasteiger partial charge in [-0.3, -0.25) is 9.69 Å². The zero-order valence-electron chi connectivity index (χ0n) is 21.3. The number of anilines is 4. The molecule has 2 aliphatic heterocycles. The minimum absolute atomic E-state index is 0.0562. The summed E-state index contributed by atoms with van der Waals surface area (Å²) >= 11 is 0. The maximum atomic E-state index is 13.3. The molecule has 8 nitrogen and oxygen atoms in total. The van der Waals surface area contributed by atoms with Gasteiger partial charge in [0.1, 0.15) is 5.75 Å². The average Bonchev–Trinajstić information content (AvgIpc) is 3.36. The Hall–Kier alpha value is -3.03. The first-order valence-corrected chi connectivity index (χ1v) is 12.9. The molecule has 5 rings (SSSR count). The number of hydrogen-bond acceptors (Lipinski definition) is 7. The number of hydrogen-bond donors (Lipinski definition) is 1. The first kappa shape index (κ1) is 23.7. The number of carbonyl (C=O) groups excluding carboxylic acids is 1. The third kappa shape index (κ3) is 4.88. The van der Waals surface area contributed by atoms with Crippen LogP contribution in [0.2, 0.25) is 0 Å². The summed E-state index contributed by atoms with van der Waals surface area (Å²) < 4.78 is 11.7. The highest BCUT2D eigenvalue weighted by atomic mass is 16.5. The summed E-state index contributed by atoms with van der Waals surface area (Å²) in [5.41, 5.74) is 1.01. The fourth-order valence-corrected chi connectivity index (χ4v) is 5.41. The van der Waals surface area contributed by atoms with E-state index in [1.54, 1.807) is 18.2 Å². The van der Waals surface area contributed by atoms with E-state index < -0.39 is 5.60 Å². The average molecular weight is 480 g/mol. The molecule has 35 heavy (non-hydrogen) atoms. The fraction of sp³-hybridized carbons (Fsp3) is 0.593. The van der Waals surface area contributed by atoms with Gasteiger partial charge in [-0.1, -0.05) is 19.8 Å². The van der Waals surface area contributed by atoms with Gasteiger partial charge < -0.3 is 19.7 Å². The van der Waals surface area contributed by atoms with E-state index in [1.165, 1.54) is 25.7 Å². The zero-order chi connectivity index (χ0) is 24.6. The van der Waals surface area contributed by atoms with E-state index in [2.05, 4.69) is 34.3 Å². The van der Waals surface area contributed by atoms with Crippen molar-refractivity contribution in [1.82, 2.24) is 9.97 Å². The van der Waals surface area contributed by atoms with Crippen molar-refractivity contribution in [2.75, 3.05) is 41.9 Å². The Kier molecular flexibility index (Phi) is 6.47. The second kappa shape index (κ2) is 9.55. The van der Waals surface area contributed by atoms with Gasteiger partial charge in [-0.2, -0.15) is 4.98 Å². The SMILES string of the molecule is COc1cc(N2CCC(C)CC2)ccc1Nc1ncc2c(n1)N(CC1CCCC1)C(=O)C(C)(C)O2. The molecule has 0 unspecified atom stereocenters. The number of nitrogens with zero attached hydrogens (tertiary/aromatic N) is 4. The quantitative estimate of drug-likeness (QED) is 0.613. The molecule has 1 saturated heterocycles. The van der Waals surface area contributed by atoms with Crippen LogP contribution in [0, 0.1) is 11.8 Å². The van der Waals surface area contributed by atoms with Gasteiger partial charge in [0.25, 0.3) is 5.91 Å². The molecule has 3 heterocycles. The Morgan fingerprint density at radius 1 is 1.17 bits per heavy atom. The van der Waals surface area contributed by atoms with E-state index in [-0.39, 0.29) is 5.91 Å². The highest BCUT2D eigenvalue weighted by Crippen LogP contribution is 2.39. The van der Waals surface area contributed by atoms with Gasteiger partial charge in [-0.05, 0) is 63.5 Å². The molecule has 0 bridgehead atoms. The number of carbonyl (C=O) groups is 1. The number of aromatic nitrogens is 2. The number of amides is 1. The molecule has 188 valence electrons. The Balaban J connectivity index is 1.39. The lowest BCUT2D eigenvalue weighted by Crippen LogP contribution is -2.54. The largest absolute Gasteiger partial charge is 0.494 e. The van der Waals surface area contributed by atoms with Crippen LogP contribution in [0.3, 0.4) is 0 Å². The molecular weight excluding hydrogens is 442 g/mol. The van der Waals surface area contributed by atoms with E-state index in [1.807, 2.05) is 19.9 Å². The molecule has 8 heteroatoms. The van der Waals surface area contributed by atoms with E-state index in [9.17, 15) is 4.79 Å². The molecule has 1 N–H and O–H groups in total. The number of rotatable bonds is 6. The minimum atomic E-state index is -0.935. The molecule has 1 aromatic heterocycles. The number of nitrogens with one attached hydrogen (secondary N) is 1. The summed E-state index contributed by atoms with van der Waals surface area (Å²) in [4.78, 5) is 26.7. The molecule has 0 atom stereocenters. The molecule has 2 fully saturated rings. The van der Waals surface area contributed by atoms with Crippen LogP contribution >= 0.6 is 0 Å². The van der Waals surface area contributed by atoms with E-state index in [4.69, 9.17) is 14.5 Å². The smallest absolute Gasteiger partial charge is 0.271 e. The summed E-state index contributed by atoms with van der Waals surface area (Å²) in [5, 5.41) is 3.30. The third-order valence-corrected chi connectivity index (χ3v) is 7.61. The maximum Gasteiger partial charge on any atom is 0.271 e. The monoisotopic (exact) mass is 479 g/mol. The van der Waals surface area contributed by atoms with Crippen LogP contribution in [-0.2, 0) is 4.79 Å². The van der Waals surface area contributed by atoms with Gasteiger partial charge in [0.05, 0.1) is 19.0 Å². The number of ether oxygens (including phenoxy) is 2. The Morgan fingerprint density at radius 2 is 1.91 bits per heavy atom. The van der Waals surface area contributed by atoms with Gasteiger partial charge in [0.15, 0.2) is 17.2 Å². The Bertz CT molecular complexity index is 1070. The van der Waals surface area contributed by atoms with Crippen LogP contribution in [0.4, 0.5) is 23.1 Å². The zero-order valence-corrected chi connectivity index (χ0v) is 21.3. The van der Waals surface area contributed by atoms with E-state index in [0.717, 1.165) is 49.0 Å². The molecule has 1 aromatic carbocycles. The Labute approximate surface area is 208 Å². The molecule has 1 aliphatic carbocycles. The minimum Gasteiger partial charge on any atom is -0.494 e. The summed E-state index contributed by atoms with van der Waals surface area (Å²) in [6, 6.07) is 6.19. The maximum absolute atomic E-state index is 13.3. The van der Waals surface area contributed by atoms with Crippen LogP contribution in [0.25, 0.3) is 0 Å². The van der Waals surface area contributed by atoms with Crippen molar-refractivity contribution in [3.63, 3.8) is 0 Å². The van der Waals surface area contributed by atoms with Gasteiger partial charge in [0.2, 0.25) is 5.95 Å².